The minimum absolute atomic E-state index is 0.119. The number of benzene rings is 2. The van der Waals surface area contributed by atoms with Gasteiger partial charge in [-0.3, -0.25) is 0 Å². The van der Waals surface area contributed by atoms with Gasteiger partial charge in [0.15, 0.2) is 0 Å². The summed E-state index contributed by atoms with van der Waals surface area (Å²) in [6, 6.07) is 13.5. The first-order valence-electron chi connectivity index (χ1n) is 8.62. The Morgan fingerprint density at radius 3 is 2.62 bits per heavy atom. The van der Waals surface area contributed by atoms with Gasteiger partial charge in [0.05, 0.1) is 5.41 Å². The van der Waals surface area contributed by atoms with Crippen molar-refractivity contribution in [2.75, 3.05) is 0 Å². The van der Waals surface area contributed by atoms with Crippen LogP contribution in [-0.2, 0) is 5.41 Å². The van der Waals surface area contributed by atoms with Crippen molar-refractivity contribution in [3.05, 3.63) is 111 Å². The maximum atomic E-state index is 2.41. The molecule has 0 amide bonds. The van der Waals surface area contributed by atoms with Crippen LogP contribution in [0.1, 0.15) is 17.5 Å². The SMILES string of the molecule is C1=CC2=c3ccccc3=c3ccc4c5c3C2(C=C1)C=CC5=CCC=4. The van der Waals surface area contributed by atoms with Gasteiger partial charge in [-0.15, -0.1) is 0 Å². The van der Waals surface area contributed by atoms with E-state index in [-0.39, 0.29) is 5.41 Å². The Bertz CT molecular complexity index is 1260. The molecule has 0 nitrogen and oxygen atoms in total. The highest BCUT2D eigenvalue weighted by Crippen LogP contribution is 2.47. The van der Waals surface area contributed by atoms with Crippen LogP contribution in [0.25, 0.3) is 17.2 Å². The molecule has 0 saturated carbocycles. The minimum atomic E-state index is -0.119. The number of fused-ring (bicyclic) bond motifs is 1. The second-order valence-electron chi connectivity index (χ2n) is 6.93. The third kappa shape index (κ3) is 1.32. The summed E-state index contributed by atoms with van der Waals surface area (Å²) in [5, 5.41) is 5.50. The van der Waals surface area contributed by atoms with Crippen LogP contribution >= 0.6 is 0 Å². The van der Waals surface area contributed by atoms with Gasteiger partial charge >= 0.3 is 0 Å². The average Bonchev–Trinajstić information content (AvgIpc) is 2.66. The van der Waals surface area contributed by atoms with E-state index >= 15 is 0 Å². The molecule has 1 atom stereocenters. The van der Waals surface area contributed by atoms with Crippen LogP contribution in [-0.4, -0.2) is 0 Å². The molecule has 0 heteroatoms. The number of hydrogen-bond acceptors (Lipinski definition) is 0. The van der Waals surface area contributed by atoms with Gasteiger partial charge in [0.2, 0.25) is 0 Å². The highest BCUT2D eigenvalue weighted by Gasteiger charge is 2.39. The van der Waals surface area contributed by atoms with Gasteiger partial charge in [-0.1, -0.05) is 85.0 Å². The highest BCUT2D eigenvalue weighted by molar-refractivity contribution is 5.90. The Labute approximate surface area is 140 Å². The summed E-state index contributed by atoms with van der Waals surface area (Å²) in [5.41, 5.74) is 5.58. The number of allylic oxidation sites excluding steroid dienone is 8. The fourth-order valence-electron chi connectivity index (χ4n) is 4.84. The molecule has 0 saturated heterocycles. The normalized spacial score (nSPS) is 23.8. The van der Waals surface area contributed by atoms with E-state index in [1.807, 2.05) is 0 Å². The van der Waals surface area contributed by atoms with E-state index in [2.05, 4.69) is 85.0 Å². The first-order valence-corrected chi connectivity index (χ1v) is 8.62. The second kappa shape index (κ2) is 4.15. The second-order valence-corrected chi connectivity index (χ2v) is 6.93. The molecule has 0 radical (unpaired) electrons. The molecule has 0 fully saturated rings. The van der Waals surface area contributed by atoms with Crippen molar-refractivity contribution in [3.8, 4) is 0 Å². The zero-order chi connectivity index (χ0) is 15.7. The van der Waals surface area contributed by atoms with Crippen molar-refractivity contribution in [1.29, 1.82) is 0 Å². The minimum Gasteiger partial charge on any atom is -0.0728 e. The van der Waals surface area contributed by atoms with Crippen LogP contribution in [0.3, 0.4) is 0 Å². The van der Waals surface area contributed by atoms with Crippen molar-refractivity contribution >= 4 is 17.2 Å². The first kappa shape index (κ1) is 12.5. The van der Waals surface area contributed by atoms with E-state index in [4.69, 9.17) is 0 Å². The van der Waals surface area contributed by atoms with Crippen molar-refractivity contribution in [3.63, 3.8) is 0 Å². The Morgan fingerprint density at radius 2 is 1.67 bits per heavy atom. The van der Waals surface area contributed by atoms with Crippen molar-refractivity contribution in [2.45, 2.75) is 11.8 Å². The molecular weight excluding hydrogens is 288 g/mol. The summed E-state index contributed by atoms with van der Waals surface area (Å²) in [5.74, 6) is 0. The molecule has 4 aliphatic carbocycles. The third-order valence-electron chi connectivity index (χ3n) is 5.83. The van der Waals surface area contributed by atoms with Gasteiger partial charge in [0, 0.05) is 0 Å². The van der Waals surface area contributed by atoms with E-state index in [1.165, 1.54) is 43.1 Å². The lowest BCUT2D eigenvalue weighted by Gasteiger charge is -2.39. The summed E-state index contributed by atoms with van der Waals surface area (Å²) in [4.78, 5) is 0. The Kier molecular flexibility index (Phi) is 2.17. The molecule has 1 unspecified atom stereocenters. The maximum absolute atomic E-state index is 2.41. The number of rotatable bonds is 0. The standard InChI is InChI=1S/C24H16/c1-2-9-19-18(8-1)20-12-11-16-6-5-7-17-13-15-24(23(20)22(16)17)14-4-3-10-21(19)24/h1-4,6-15H,5H2. The predicted molar refractivity (Wildman–Crippen MR) is 99.4 cm³/mol. The quantitative estimate of drug-likeness (QED) is 0.697. The largest absolute Gasteiger partial charge is 0.0728 e. The van der Waals surface area contributed by atoms with E-state index in [0.29, 0.717) is 0 Å². The Hall–Kier alpha value is -2.86. The molecule has 6 rings (SSSR count). The monoisotopic (exact) mass is 304 g/mol. The smallest absolute Gasteiger partial charge is 0.0587 e. The molecule has 0 aliphatic heterocycles. The van der Waals surface area contributed by atoms with E-state index in [1.54, 1.807) is 0 Å². The van der Waals surface area contributed by atoms with Gasteiger partial charge in [0.25, 0.3) is 0 Å². The Balaban J connectivity index is 2.02. The molecule has 2 aromatic rings. The molecule has 0 aromatic heterocycles. The number of hydrogen-bond donors (Lipinski definition) is 0. The molecule has 0 bridgehead atoms. The fourth-order valence-corrected chi connectivity index (χ4v) is 4.84. The molecule has 1 spiro atoms. The Morgan fingerprint density at radius 1 is 0.750 bits per heavy atom. The summed E-state index contributed by atoms with van der Waals surface area (Å²) >= 11 is 0. The molecule has 24 heavy (non-hydrogen) atoms. The van der Waals surface area contributed by atoms with E-state index in [0.717, 1.165) is 6.42 Å². The highest BCUT2D eigenvalue weighted by atomic mass is 14.4. The van der Waals surface area contributed by atoms with Gasteiger partial charge in [-0.25, -0.2) is 0 Å². The van der Waals surface area contributed by atoms with Crippen LogP contribution in [0.15, 0.2) is 78.9 Å². The fraction of sp³-hybridized carbons (Fsp3) is 0.0833. The van der Waals surface area contributed by atoms with Crippen molar-refractivity contribution in [2.24, 2.45) is 0 Å². The maximum Gasteiger partial charge on any atom is 0.0587 e. The topological polar surface area (TPSA) is 0 Å². The summed E-state index contributed by atoms with van der Waals surface area (Å²) < 4.78 is 0. The predicted octanol–water partition coefficient (Wildman–Crippen LogP) is 3.64. The molecule has 112 valence electrons. The van der Waals surface area contributed by atoms with Crippen LogP contribution in [0.5, 0.6) is 0 Å². The summed E-state index contributed by atoms with van der Waals surface area (Å²) in [7, 11) is 0. The first-order chi connectivity index (χ1) is 11.9. The zero-order valence-electron chi connectivity index (χ0n) is 13.3. The van der Waals surface area contributed by atoms with E-state index < -0.39 is 0 Å². The molecular formula is C24H16. The third-order valence-corrected chi connectivity index (χ3v) is 5.83. The molecule has 0 heterocycles. The van der Waals surface area contributed by atoms with E-state index in [9.17, 15) is 0 Å². The zero-order valence-corrected chi connectivity index (χ0v) is 13.3. The lowest BCUT2D eigenvalue weighted by molar-refractivity contribution is 0.838. The molecule has 4 aliphatic rings. The summed E-state index contributed by atoms with van der Waals surface area (Å²) in [6.07, 6.45) is 19.5. The molecule has 0 N–H and O–H groups in total. The van der Waals surface area contributed by atoms with Gasteiger partial charge in [0.1, 0.15) is 0 Å². The van der Waals surface area contributed by atoms with Crippen molar-refractivity contribution in [1.82, 2.24) is 0 Å². The van der Waals surface area contributed by atoms with Crippen LogP contribution in [0.2, 0.25) is 0 Å². The molecule has 2 aromatic carbocycles. The lowest BCUT2D eigenvalue weighted by Crippen LogP contribution is -2.37. The van der Waals surface area contributed by atoms with Crippen LogP contribution in [0.4, 0.5) is 0 Å². The van der Waals surface area contributed by atoms with Gasteiger partial charge in [-0.05, 0) is 49.6 Å². The summed E-state index contributed by atoms with van der Waals surface area (Å²) in [6.45, 7) is 0. The van der Waals surface area contributed by atoms with Crippen LogP contribution in [0, 0.1) is 10.4 Å². The van der Waals surface area contributed by atoms with Gasteiger partial charge < -0.3 is 0 Å². The van der Waals surface area contributed by atoms with Crippen molar-refractivity contribution < 1.29 is 0 Å². The van der Waals surface area contributed by atoms with Gasteiger partial charge in [-0.2, -0.15) is 0 Å². The van der Waals surface area contributed by atoms with Crippen LogP contribution < -0.4 is 10.4 Å². The lowest BCUT2D eigenvalue weighted by atomic mass is 9.63. The average molecular weight is 304 g/mol.